The van der Waals surface area contributed by atoms with Crippen LogP contribution in [0.25, 0.3) is 11.2 Å². The number of fused-ring (bicyclic) bond motifs is 1. The number of hydrogen-bond donors (Lipinski definition) is 0. The van der Waals surface area contributed by atoms with E-state index in [0.717, 1.165) is 24.4 Å². The molecule has 0 aromatic carbocycles. The second-order valence-electron chi connectivity index (χ2n) is 4.01. The van der Waals surface area contributed by atoms with Crippen molar-refractivity contribution in [2.75, 3.05) is 18.0 Å². The summed E-state index contributed by atoms with van der Waals surface area (Å²) in [6.45, 7) is 2.15. The van der Waals surface area contributed by atoms with Gasteiger partial charge in [0.1, 0.15) is 17.7 Å². The standard InChI is InChI=1S/C11H13N5/c1-2-4-16(5-3-1)10-7-13-11-9(15-10)6-12-8-14-11/h6-8H,1-5H2. The summed E-state index contributed by atoms with van der Waals surface area (Å²) in [5, 5.41) is 0. The highest BCUT2D eigenvalue weighted by Gasteiger charge is 2.12. The van der Waals surface area contributed by atoms with Crippen molar-refractivity contribution in [3.8, 4) is 0 Å². The first-order valence-corrected chi connectivity index (χ1v) is 5.61. The van der Waals surface area contributed by atoms with E-state index in [1.54, 1.807) is 12.4 Å². The van der Waals surface area contributed by atoms with Crippen molar-refractivity contribution in [1.29, 1.82) is 0 Å². The first kappa shape index (κ1) is 9.45. The molecular formula is C11H13N5. The van der Waals surface area contributed by atoms with Crippen LogP contribution in [-0.2, 0) is 0 Å². The van der Waals surface area contributed by atoms with Crippen LogP contribution < -0.4 is 4.90 Å². The zero-order chi connectivity index (χ0) is 10.8. The number of anilines is 1. The van der Waals surface area contributed by atoms with Crippen molar-refractivity contribution < 1.29 is 0 Å². The van der Waals surface area contributed by atoms with Gasteiger partial charge in [-0.15, -0.1) is 0 Å². The molecule has 3 heterocycles. The molecule has 1 aliphatic heterocycles. The molecule has 0 aliphatic carbocycles. The summed E-state index contributed by atoms with van der Waals surface area (Å²) in [6, 6.07) is 0. The lowest BCUT2D eigenvalue weighted by molar-refractivity contribution is 0.573. The molecule has 2 aromatic heterocycles. The molecule has 82 valence electrons. The third-order valence-electron chi connectivity index (χ3n) is 2.89. The maximum absolute atomic E-state index is 4.54. The minimum absolute atomic E-state index is 0.663. The van der Waals surface area contributed by atoms with Crippen molar-refractivity contribution >= 4 is 17.0 Å². The molecule has 0 atom stereocenters. The average molecular weight is 215 g/mol. The first-order valence-electron chi connectivity index (χ1n) is 5.61. The Morgan fingerprint density at radius 1 is 1.00 bits per heavy atom. The van der Waals surface area contributed by atoms with Gasteiger partial charge in [-0.2, -0.15) is 0 Å². The SMILES string of the molecule is c1ncc2nc(N3CCCCC3)cnc2n1. The number of hydrogen-bond acceptors (Lipinski definition) is 5. The van der Waals surface area contributed by atoms with Gasteiger partial charge in [0.25, 0.3) is 0 Å². The highest BCUT2D eigenvalue weighted by atomic mass is 15.2. The highest BCUT2D eigenvalue weighted by molar-refractivity contribution is 5.69. The van der Waals surface area contributed by atoms with Crippen molar-refractivity contribution in [2.45, 2.75) is 19.3 Å². The topological polar surface area (TPSA) is 54.8 Å². The van der Waals surface area contributed by atoms with Gasteiger partial charge in [0.2, 0.25) is 0 Å². The highest BCUT2D eigenvalue weighted by Crippen LogP contribution is 2.18. The Morgan fingerprint density at radius 2 is 1.88 bits per heavy atom. The minimum Gasteiger partial charge on any atom is -0.355 e. The van der Waals surface area contributed by atoms with Crippen LogP contribution in [0.4, 0.5) is 5.82 Å². The van der Waals surface area contributed by atoms with E-state index < -0.39 is 0 Å². The molecule has 5 nitrogen and oxygen atoms in total. The quantitative estimate of drug-likeness (QED) is 0.720. The van der Waals surface area contributed by atoms with Gasteiger partial charge in [-0.05, 0) is 19.3 Å². The minimum atomic E-state index is 0.663. The van der Waals surface area contributed by atoms with Crippen molar-refractivity contribution in [2.24, 2.45) is 0 Å². The molecule has 0 spiro atoms. The van der Waals surface area contributed by atoms with E-state index in [9.17, 15) is 0 Å². The van der Waals surface area contributed by atoms with Crippen molar-refractivity contribution in [3.63, 3.8) is 0 Å². The van der Waals surface area contributed by atoms with Gasteiger partial charge < -0.3 is 4.90 Å². The van der Waals surface area contributed by atoms with Gasteiger partial charge in [0, 0.05) is 13.1 Å². The van der Waals surface area contributed by atoms with Crippen molar-refractivity contribution in [1.82, 2.24) is 19.9 Å². The normalized spacial score (nSPS) is 16.6. The Hall–Kier alpha value is -1.78. The molecule has 0 radical (unpaired) electrons. The fraction of sp³-hybridized carbons (Fsp3) is 0.455. The molecule has 5 heteroatoms. The Morgan fingerprint density at radius 3 is 2.75 bits per heavy atom. The lowest BCUT2D eigenvalue weighted by atomic mass is 10.1. The monoisotopic (exact) mass is 215 g/mol. The second kappa shape index (κ2) is 4.00. The zero-order valence-corrected chi connectivity index (χ0v) is 9.00. The maximum Gasteiger partial charge on any atom is 0.181 e. The van der Waals surface area contributed by atoms with E-state index in [4.69, 9.17) is 0 Å². The van der Waals surface area contributed by atoms with Gasteiger partial charge in [-0.1, -0.05) is 0 Å². The molecule has 16 heavy (non-hydrogen) atoms. The molecule has 1 fully saturated rings. The third kappa shape index (κ3) is 1.68. The molecule has 0 saturated carbocycles. The fourth-order valence-corrected chi connectivity index (χ4v) is 2.04. The average Bonchev–Trinajstić information content (AvgIpc) is 2.39. The zero-order valence-electron chi connectivity index (χ0n) is 9.00. The van der Waals surface area contributed by atoms with E-state index in [-0.39, 0.29) is 0 Å². The Balaban J connectivity index is 1.97. The molecule has 3 rings (SSSR count). The van der Waals surface area contributed by atoms with E-state index in [1.165, 1.54) is 25.6 Å². The molecule has 0 N–H and O–H groups in total. The Kier molecular flexibility index (Phi) is 2.36. The van der Waals surface area contributed by atoms with Crippen LogP contribution in [0.3, 0.4) is 0 Å². The van der Waals surface area contributed by atoms with Crippen molar-refractivity contribution in [3.05, 3.63) is 18.7 Å². The summed E-state index contributed by atoms with van der Waals surface area (Å²) in [4.78, 5) is 19.2. The summed E-state index contributed by atoms with van der Waals surface area (Å²) in [7, 11) is 0. The lowest BCUT2D eigenvalue weighted by Gasteiger charge is -2.27. The number of nitrogens with zero attached hydrogens (tertiary/aromatic N) is 5. The summed E-state index contributed by atoms with van der Waals surface area (Å²) in [6.07, 6.45) is 8.82. The number of piperidine rings is 1. The summed E-state index contributed by atoms with van der Waals surface area (Å²) >= 11 is 0. The molecule has 1 aliphatic rings. The van der Waals surface area contributed by atoms with Crippen LogP contribution in [0, 0.1) is 0 Å². The van der Waals surface area contributed by atoms with Crippen LogP contribution in [0.15, 0.2) is 18.7 Å². The Bertz CT molecular complexity index is 492. The van der Waals surface area contributed by atoms with Gasteiger partial charge in [0.15, 0.2) is 5.65 Å². The predicted molar refractivity (Wildman–Crippen MR) is 61.2 cm³/mol. The Labute approximate surface area is 93.6 Å². The summed E-state index contributed by atoms with van der Waals surface area (Å²) in [5.74, 6) is 0.946. The lowest BCUT2D eigenvalue weighted by Crippen LogP contribution is -2.30. The van der Waals surface area contributed by atoms with Crippen LogP contribution >= 0.6 is 0 Å². The number of aromatic nitrogens is 4. The van der Waals surface area contributed by atoms with E-state index in [0.29, 0.717) is 5.65 Å². The predicted octanol–water partition coefficient (Wildman–Crippen LogP) is 1.41. The van der Waals surface area contributed by atoms with Crippen LogP contribution in [0.1, 0.15) is 19.3 Å². The van der Waals surface area contributed by atoms with E-state index in [1.807, 2.05) is 0 Å². The van der Waals surface area contributed by atoms with Crippen LogP contribution in [-0.4, -0.2) is 33.0 Å². The van der Waals surface area contributed by atoms with Gasteiger partial charge >= 0.3 is 0 Å². The molecule has 1 saturated heterocycles. The van der Waals surface area contributed by atoms with Gasteiger partial charge in [-0.3, -0.25) is 0 Å². The van der Waals surface area contributed by atoms with Gasteiger partial charge in [0.05, 0.1) is 12.4 Å². The molecule has 0 amide bonds. The summed E-state index contributed by atoms with van der Waals surface area (Å²) < 4.78 is 0. The smallest absolute Gasteiger partial charge is 0.181 e. The molecule has 0 bridgehead atoms. The fourth-order valence-electron chi connectivity index (χ4n) is 2.04. The molecule has 0 unspecified atom stereocenters. The molecule has 2 aromatic rings. The van der Waals surface area contributed by atoms with Gasteiger partial charge in [-0.25, -0.2) is 19.9 Å². The van der Waals surface area contributed by atoms with Crippen LogP contribution in [0.2, 0.25) is 0 Å². The first-order chi connectivity index (χ1) is 7.93. The summed E-state index contributed by atoms with van der Waals surface area (Å²) in [5.41, 5.74) is 1.43. The van der Waals surface area contributed by atoms with E-state index >= 15 is 0 Å². The second-order valence-corrected chi connectivity index (χ2v) is 4.01. The number of rotatable bonds is 1. The largest absolute Gasteiger partial charge is 0.355 e. The van der Waals surface area contributed by atoms with E-state index in [2.05, 4.69) is 24.8 Å². The van der Waals surface area contributed by atoms with Crippen LogP contribution in [0.5, 0.6) is 0 Å². The molecular weight excluding hydrogens is 202 g/mol. The maximum atomic E-state index is 4.54. The third-order valence-corrected chi connectivity index (χ3v) is 2.89.